The monoisotopic (exact) mass is 346 g/mol. The van der Waals surface area contributed by atoms with E-state index in [-0.39, 0.29) is 6.03 Å². The fraction of sp³-hybridized carbons (Fsp3) is 0.143. The summed E-state index contributed by atoms with van der Waals surface area (Å²) in [5, 5.41) is 7.56. The zero-order chi connectivity index (χ0) is 18.4. The molecule has 0 saturated heterocycles. The predicted molar refractivity (Wildman–Crippen MR) is 104 cm³/mol. The molecule has 1 aromatic heterocycles. The lowest BCUT2D eigenvalue weighted by atomic mass is 10.1. The molecule has 132 valence electrons. The molecule has 1 N–H and O–H groups in total. The van der Waals surface area contributed by atoms with Crippen LogP contribution in [-0.4, -0.2) is 34.3 Å². The second kappa shape index (κ2) is 8.16. The first-order chi connectivity index (χ1) is 12.7. The number of hydrogen-bond acceptors (Lipinski definition) is 2. The van der Waals surface area contributed by atoms with E-state index in [4.69, 9.17) is 5.10 Å². The van der Waals surface area contributed by atoms with E-state index in [1.54, 1.807) is 18.0 Å². The van der Waals surface area contributed by atoms with Gasteiger partial charge in [0, 0.05) is 30.9 Å². The number of aromatic nitrogens is 2. The van der Waals surface area contributed by atoms with Gasteiger partial charge in [-0.15, -0.1) is 6.58 Å². The van der Waals surface area contributed by atoms with Crippen LogP contribution < -0.4 is 5.32 Å². The molecule has 0 bridgehead atoms. The summed E-state index contributed by atoms with van der Waals surface area (Å²) in [7, 11) is 1.77. The van der Waals surface area contributed by atoms with Crippen molar-refractivity contribution in [3.05, 3.63) is 85.1 Å². The molecule has 5 heteroatoms. The third-order valence-corrected chi connectivity index (χ3v) is 4.01. The Bertz CT molecular complexity index is 872. The number of para-hydroxylation sites is 1. The summed E-state index contributed by atoms with van der Waals surface area (Å²) in [4.78, 5) is 13.8. The maximum absolute atomic E-state index is 12.2. The minimum absolute atomic E-state index is 0.142. The van der Waals surface area contributed by atoms with Crippen molar-refractivity contribution in [1.82, 2.24) is 20.0 Å². The number of amides is 2. The highest BCUT2D eigenvalue weighted by atomic mass is 16.2. The molecule has 1 heterocycles. The van der Waals surface area contributed by atoms with E-state index in [1.807, 2.05) is 71.5 Å². The van der Waals surface area contributed by atoms with Gasteiger partial charge in [-0.1, -0.05) is 54.6 Å². The van der Waals surface area contributed by atoms with Crippen LogP contribution in [0, 0.1) is 0 Å². The van der Waals surface area contributed by atoms with E-state index >= 15 is 0 Å². The standard InChI is InChI=1S/C21H22N4O/c1-3-14-22-21(26)24(2)15-18-16-25(19-12-8-5-9-13-19)23-20(18)17-10-6-4-7-11-17/h3-13,16H,1,14-15H2,2H3,(H,22,26). The summed E-state index contributed by atoms with van der Waals surface area (Å²) < 4.78 is 1.85. The van der Waals surface area contributed by atoms with Gasteiger partial charge in [0.1, 0.15) is 0 Å². The minimum Gasteiger partial charge on any atom is -0.335 e. The molecular weight excluding hydrogens is 324 g/mol. The van der Waals surface area contributed by atoms with Crippen LogP contribution in [0.4, 0.5) is 4.79 Å². The van der Waals surface area contributed by atoms with E-state index in [0.29, 0.717) is 13.1 Å². The lowest BCUT2D eigenvalue weighted by molar-refractivity contribution is 0.208. The highest BCUT2D eigenvalue weighted by Crippen LogP contribution is 2.24. The van der Waals surface area contributed by atoms with Gasteiger partial charge in [0.05, 0.1) is 17.9 Å². The number of urea groups is 1. The van der Waals surface area contributed by atoms with Crippen LogP contribution in [0.3, 0.4) is 0 Å². The molecule has 0 radical (unpaired) electrons. The van der Waals surface area contributed by atoms with Crippen molar-refractivity contribution >= 4 is 6.03 Å². The molecule has 0 aliphatic rings. The van der Waals surface area contributed by atoms with Crippen LogP contribution in [-0.2, 0) is 6.54 Å². The van der Waals surface area contributed by atoms with Gasteiger partial charge >= 0.3 is 6.03 Å². The van der Waals surface area contributed by atoms with Crippen LogP contribution in [0.25, 0.3) is 16.9 Å². The Hall–Kier alpha value is -3.34. The number of benzene rings is 2. The lowest BCUT2D eigenvalue weighted by Gasteiger charge is -2.17. The van der Waals surface area contributed by atoms with E-state index in [9.17, 15) is 4.79 Å². The van der Waals surface area contributed by atoms with E-state index in [2.05, 4.69) is 11.9 Å². The molecular formula is C21H22N4O. The first-order valence-corrected chi connectivity index (χ1v) is 8.48. The lowest BCUT2D eigenvalue weighted by Crippen LogP contribution is -2.36. The smallest absolute Gasteiger partial charge is 0.317 e. The molecule has 0 aliphatic heterocycles. The average molecular weight is 346 g/mol. The molecule has 2 amide bonds. The number of rotatable bonds is 6. The topological polar surface area (TPSA) is 50.2 Å². The molecule has 0 unspecified atom stereocenters. The van der Waals surface area contributed by atoms with Crippen molar-refractivity contribution in [3.8, 4) is 16.9 Å². The summed E-state index contributed by atoms with van der Waals surface area (Å²) in [5.41, 5.74) is 3.86. The molecule has 5 nitrogen and oxygen atoms in total. The Balaban J connectivity index is 1.93. The Morgan fingerprint density at radius 1 is 1.15 bits per heavy atom. The van der Waals surface area contributed by atoms with Gasteiger partial charge < -0.3 is 10.2 Å². The van der Waals surface area contributed by atoms with Crippen molar-refractivity contribution in [2.75, 3.05) is 13.6 Å². The zero-order valence-corrected chi connectivity index (χ0v) is 14.8. The second-order valence-electron chi connectivity index (χ2n) is 5.98. The fourth-order valence-corrected chi connectivity index (χ4v) is 2.70. The number of nitrogens with one attached hydrogen (secondary N) is 1. The number of carbonyl (C=O) groups excluding carboxylic acids is 1. The Morgan fingerprint density at radius 3 is 2.46 bits per heavy atom. The van der Waals surface area contributed by atoms with Crippen LogP contribution >= 0.6 is 0 Å². The predicted octanol–water partition coefficient (Wildman–Crippen LogP) is 3.87. The summed E-state index contributed by atoms with van der Waals surface area (Å²) in [6, 6.07) is 19.8. The van der Waals surface area contributed by atoms with Crippen molar-refractivity contribution < 1.29 is 4.79 Å². The number of carbonyl (C=O) groups is 1. The maximum atomic E-state index is 12.2. The molecule has 0 aliphatic carbocycles. The molecule has 0 fully saturated rings. The van der Waals surface area contributed by atoms with Crippen molar-refractivity contribution in [2.45, 2.75) is 6.54 Å². The van der Waals surface area contributed by atoms with Crippen LogP contribution in [0.2, 0.25) is 0 Å². The molecule has 3 rings (SSSR count). The molecule has 26 heavy (non-hydrogen) atoms. The van der Waals surface area contributed by atoms with Crippen molar-refractivity contribution in [3.63, 3.8) is 0 Å². The second-order valence-corrected chi connectivity index (χ2v) is 5.98. The van der Waals surface area contributed by atoms with Gasteiger partial charge in [-0.05, 0) is 12.1 Å². The van der Waals surface area contributed by atoms with E-state index in [1.165, 1.54) is 0 Å². The normalized spacial score (nSPS) is 10.3. The molecule has 0 spiro atoms. The summed E-state index contributed by atoms with van der Waals surface area (Å²) in [6.45, 7) is 4.52. The first kappa shape index (κ1) is 17.5. The summed E-state index contributed by atoms with van der Waals surface area (Å²) in [6.07, 6.45) is 3.64. The summed E-state index contributed by atoms with van der Waals surface area (Å²) in [5.74, 6) is 0. The quantitative estimate of drug-likeness (QED) is 0.689. The first-order valence-electron chi connectivity index (χ1n) is 8.48. The van der Waals surface area contributed by atoms with Crippen molar-refractivity contribution in [2.24, 2.45) is 0 Å². The van der Waals surface area contributed by atoms with Gasteiger partial charge in [-0.3, -0.25) is 0 Å². The largest absolute Gasteiger partial charge is 0.335 e. The fourth-order valence-electron chi connectivity index (χ4n) is 2.70. The van der Waals surface area contributed by atoms with Gasteiger partial charge in [0.2, 0.25) is 0 Å². The Labute approximate surface area is 153 Å². The highest BCUT2D eigenvalue weighted by Gasteiger charge is 2.16. The molecule has 3 aromatic rings. The van der Waals surface area contributed by atoms with Gasteiger partial charge in [-0.2, -0.15) is 5.10 Å². The Kier molecular flexibility index (Phi) is 5.49. The molecule has 0 saturated carbocycles. The van der Waals surface area contributed by atoms with Crippen molar-refractivity contribution in [1.29, 1.82) is 0 Å². The average Bonchev–Trinajstić information content (AvgIpc) is 3.11. The van der Waals surface area contributed by atoms with Gasteiger partial charge in [0.15, 0.2) is 0 Å². The number of hydrogen-bond donors (Lipinski definition) is 1. The number of nitrogens with zero attached hydrogens (tertiary/aromatic N) is 3. The van der Waals surface area contributed by atoms with Crippen LogP contribution in [0.1, 0.15) is 5.56 Å². The van der Waals surface area contributed by atoms with Crippen LogP contribution in [0.5, 0.6) is 0 Å². The van der Waals surface area contributed by atoms with Gasteiger partial charge in [-0.25, -0.2) is 9.48 Å². The highest BCUT2D eigenvalue weighted by molar-refractivity contribution is 5.74. The molecule has 2 aromatic carbocycles. The maximum Gasteiger partial charge on any atom is 0.317 e. The van der Waals surface area contributed by atoms with Crippen LogP contribution in [0.15, 0.2) is 79.5 Å². The third-order valence-electron chi connectivity index (χ3n) is 4.01. The molecule has 0 atom stereocenters. The Morgan fingerprint density at radius 2 is 1.81 bits per heavy atom. The third kappa shape index (κ3) is 4.00. The minimum atomic E-state index is -0.142. The van der Waals surface area contributed by atoms with E-state index < -0.39 is 0 Å². The summed E-state index contributed by atoms with van der Waals surface area (Å²) >= 11 is 0. The van der Waals surface area contributed by atoms with E-state index in [0.717, 1.165) is 22.5 Å². The SMILES string of the molecule is C=CCNC(=O)N(C)Cc1cn(-c2ccccc2)nc1-c1ccccc1. The van der Waals surface area contributed by atoms with Gasteiger partial charge in [0.25, 0.3) is 0 Å². The zero-order valence-electron chi connectivity index (χ0n) is 14.8.